The number of carbonyl (C=O) groups is 2. The number of carbonyl (C=O) groups excluding carboxylic acids is 2. The van der Waals surface area contributed by atoms with Crippen molar-refractivity contribution in [1.29, 1.82) is 0 Å². The van der Waals surface area contributed by atoms with Gasteiger partial charge < -0.3 is 10.1 Å². The molecule has 0 saturated heterocycles. The van der Waals surface area contributed by atoms with Gasteiger partial charge in [0.1, 0.15) is 0 Å². The lowest BCUT2D eigenvalue weighted by Crippen LogP contribution is -2.51. The highest BCUT2D eigenvalue weighted by Crippen LogP contribution is 2.60. The summed E-state index contributed by atoms with van der Waals surface area (Å²) in [4.78, 5) is 26.7. The molecule has 4 aliphatic carbocycles. The zero-order valence-electron chi connectivity index (χ0n) is 17.2. The Bertz CT molecular complexity index is 952. The Balaban J connectivity index is 1.39. The number of halogens is 2. The first-order valence-corrected chi connectivity index (χ1v) is 11.7. The van der Waals surface area contributed by atoms with E-state index < -0.39 is 17.4 Å². The van der Waals surface area contributed by atoms with Crippen LogP contribution in [-0.4, -0.2) is 11.9 Å². The summed E-state index contributed by atoms with van der Waals surface area (Å²) in [7, 11) is 0. The molecule has 0 heterocycles. The van der Waals surface area contributed by atoms with Crippen LogP contribution in [0.15, 0.2) is 48.5 Å². The molecule has 1 atom stereocenters. The summed E-state index contributed by atoms with van der Waals surface area (Å²) in [6.45, 7) is 0. The molecule has 2 aromatic carbocycles. The average Bonchev–Trinajstić information content (AvgIpc) is 2.70. The number of esters is 1. The second kappa shape index (κ2) is 8.14. The van der Waals surface area contributed by atoms with Gasteiger partial charge in [0.15, 0.2) is 0 Å². The number of amides is 1. The minimum Gasteiger partial charge on any atom is -0.447 e. The molecule has 1 N–H and O–H groups in total. The Labute approximate surface area is 192 Å². The summed E-state index contributed by atoms with van der Waals surface area (Å²) in [5, 5.41) is 3.66. The van der Waals surface area contributed by atoms with Gasteiger partial charge >= 0.3 is 5.97 Å². The molecule has 6 rings (SSSR count). The van der Waals surface area contributed by atoms with Crippen LogP contribution in [0, 0.1) is 23.2 Å². The second-order valence-electron chi connectivity index (χ2n) is 9.54. The molecule has 4 aliphatic rings. The maximum atomic E-state index is 13.5. The highest BCUT2D eigenvalue weighted by atomic mass is 35.5. The van der Waals surface area contributed by atoms with E-state index in [2.05, 4.69) is 5.32 Å². The molecule has 1 unspecified atom stereocenters. The van der Waals surface area contributed by atoms with Crippen LogP contribution in [0.25, 0.3) is 0 Å². The molecule has 0 aromatic heterocycles. The molecular weight excluding hydrogens is 433 g/mol. The van der Waals surface area contributed by atoms with E-state index >= 15 is 0 Å². The zero-order chi connectivity index (χ0) is 21.6. The van der Waals surface area contributed by atoms with E-state index in [0.29, 0.717) is 39.0 Å². The fourth-order valence-corrected chi connectivity index (χ4v) is 6.85. The molecule has 31 heavy (non-hydrogen) atoms. The molecular formula is C25H25Cl2NO3. The molecule has 4 saturated carbocycles. The fraction of sp³-hybridized carbons (Fsp3) is 0.440. The van der Waals surface area contributed by atoms with Gasteiger partial charge in [0.25, 0.3) is 5.91 Å². The van der Waals surface area contributed by atoms with Gasteiger partial charge in [-0.3, -0.25) is 9.59 Å². The lowest BCUT2D eigenvalue weighted by Gasteiger charge is -2.55. The van der Waals surface area contributed by atoms with Gasteiger partial charge in [0.2, 0.25) is 6.10 Å². The van der Waals surface area contributed by atoms with Gasteiger partial charge in [0, 0.05) is 21.3 Å². The Hall–Kier alpha value is -2.04. The summed E-state index contributed by atoms with van der Waals surface area (Å²) >= 11 is 12.1. The van der Waals surface area contributed by atoms with Gasteiger partial charge in [-0.15, -0.1) is 0 Å². The van der Waals surface area contributed by atoms with E-state index in [9.17, 15) is 9.59 Å². The Morgan fingerprint density at radius 3 is 2.00 bits per heavy atom. The summed E-state index contributed by atoms with van der Waals surface area (Å²) in [5.74, 6) is 1.23. The Morgan fingerprint density at radius 1 is 0.903 bits per heavy atom. The Kier molecular flexibility index (Phi) is 5.47. The SMILES string of the molecule is O=C(Nc1cc(Cl)cc(Cl)c1)C(OC(=O)C12CC3CC(CC(C3)C1)C2)c1ccccc1. The summed E-state index contributed by atoms with van der Waals surface area (Å²) in [5.41, 5.74) is 0.682. The molecule has 162 valence electrons. The third-order valence-electron chi connectivity index (χ3n) is 7.17. The zero-order valence-corrected chi connectivity index (χ0v) is 18.7. The number of hydrogen-bond acceptors (Lipinski definition) is 3. The number of anilines is 1. The minimum absolute atomic E-state index is 0.222. The maximum Gasteiger partial charge on any atom is 0.313 e. The van der Waals surface area contributed by atoms with E-state index in [0.717, 1.165) is 19.3 Å². The van der Waals surface area contributed by atoms with E-state index in [1.165, 1.54) is 19.3 Å². The first kappa shape index (κ1) is 20.8. The van der Waals surface area contributed by atoms with E-state index in [-0.39, 0.29) is 5.97 Å². The second-order valence-corrected chi connectivity index (χ2v) is 10.4. The van der Waals surface area contributed by atoms with Crippen molar-refractivity contribution in [2.45, 2.75) is 44.6 Å². The summed E-state index contributed by atoms with van der Waals surface area (Å²) in [6, 6.07) is 14.0. The van der Waals surface area contributed by atoms with Crippen LogP contribution in [0.3, 0.4) is 0 Å². The average molecular weight is 458 g/mol. The molecule has 1 amide bonds. The van der Waals surface area contributed by atoms with Gasteiger partial charge in [-0.1, -0.05) is 53.5 Å². The number of nitrogens with one attached hydrogen (secondary N) is 1. The van der Waals surface area contributed by atoms with Crippen molar-refractivity contribution in [3.63, 3.8) is 0 Å². The van der Waals surface area contributed by atoms with Crippen LogP contribution >= 0.6 is 23.2 Å². The topological polar surface area (TPSA) is 55.4 Å². The van der Waals surface area contributed by atoms with Crippen molar-refractivity contribution in [2.24, 2.45) is 23.2 Å². The van der Waals surface area contributed by atoms with Crippen molar-refractivity contribution in [2.75, 3.05) is 5.32 Å². The largest absolute Gasteiger partial charge is 0.447 e. The molecule has 0 radical (unpaired) electrons. The molecule has 4 fully saturated rings. The molecule has 0 spiro atoms. The minimum atomic E-state index is -1.03. The monoisotopic (exact) mass is 457 g/mol. The number of hydrogen-bond donors (Lipinski definition) is 1. The van der Waals surface area contributed by atoms with Gasteiger partial charge in [-0.2, -0.15) is 0 Å². The van der Waals surface area contributed by atoms with E-state index in [1.807, 2.05) is 30.3 Å². The van der Waals surface area contributed by atoms with Crippen LogP contribution < -0.4 is 5.32 Å². The van der Waals surface area contributed by atoms with Gasteiger partial charge in [-0.25, -0.2) is 0 Å². The Morgan fingerprint density at radius 2 is 1.45 bits per heavy atom. The molecule has 4 nitrogen and oxygen atoms in total. The highest BCUT2D eigenvalue weighted by molar-refractivity contribution is 6.35. The van der Waals surface area contributed by atoms with Gasteiger partial charge in [-0.05, 0) is 74.5 Å². The standard InChI is InChI=1S/C25H25Cl2NO3/c26-19-9-20(27)11-21(10-19)28-23(29)22(18-4-2-1-3-5-18)31-24(30)25-12-15-6-16(13-25)8-17(7-15)14-25/h1-5,9-11,15-17,22H,6-8,12-14H2,(H,28,29). The third-order valence-corrected chi connectivity index (χ3v) is 7.60. The van der Waals surface area contributed by atoms with E-state index in [1.54, 1.807) is 18.2 Å². The lowest BCUT2D eigenvalue weighted by molar-refractivity contribution is -0.179. The molecule has 6 heteroatoms. The number of rotatable bonds is 5. The molecule has 2 aromatic rings. The van der Waals surface area contributed by atoms with Crippen LogP contribution in [-0.2, 0) is 14.3 Å². The van der Waals surface area contributed by atoms with Crippen molar-refractivity contribution in [3.8, 4) is 0 Å². The van der Waals surface area contributed by atoms with Crippen molar-refractivity contribution < 1.29 is 14.3 Å². The summed E-state index contributed by atoms with van der Waals surface area (Å²) < 4.78 is 6.00. The third kappa shape index (κ3) is 4.20. The first-order valence-electron chi connectivity index (χ1n) is 10.9. The van der Waals surface area contributed by atoms with Crippen molar-refractivity contribution in [3.05, 3.63) is 64.1 Å². The predicted octanol–water partition coefficient (Wildman–Crippen LogP) is 6.43. The van der Waals surface area contributed by atoms with Crippen LogP contribution in [0.1, 0.15) is 50.2 Å². The van der Waals surface area contributed by atoms with Crippen molar-refractivity contribution >= 4 is 40.8 Å². The fourth-order valence-electron chi connectivity index (χ4n) is 6.33. The summed E-state index contributed by atoms with van der Waals surface area (Å²) in [6.07, 6.45) is 5.38. The molecule has 4 bridgehead atoms. The predicted molar refractivity (Wildman–Crippen MR) is 121 cm³/mol. The molecule has 0 aliphatic heterocycles. The lowest BCUT2D eigenvalue weighted by atomic mass is 9.49. The van der Waals surface area contributed by atoms with Crippen LogP contribution in [0.2, 0.25) is 10.0 Å². The van der Waals surface area contributed by atoms with Gasteiger partial charge in [0.05, 0.1) is 5.41 Å². The maximum absolute atomic E-state index is 13.5. The number of benzene rings is 2. The van der Waals surface area contributed by atoms with Crippen LogP contribution in [0.4, 0.5) is 5.69 Å². The smallest absolute Gasteiger partial charge is 0.313 e. The number of ether oxygens (including phenoxy) is 1. The van der Waals surface area contributed by atoms with Crippen LogP contribution in [0.5, 0.6) is 0 Å². The normalized spacial score (nSPS) is 29.4. The van der Waals surface area contributed by atoms with E-state index in [4.69, 9.17) is 27.9 Å². The quantitative estimate of drug-likeness (QED) is 0.525. The van der Waals surface area contributed by atoms with Crippen molar-refractivity contribution in [1.82, 2.24) is 0 Å². The highest BCUT2D eigenvalue weighted by Gasteiger charge is 2.56. The first-order chi connectivity index (χ1) is 14.9.